The number of alkyl halides is 1. The lowest BCUT2D eigenvalue weighted by molar-refractivity contribution is 0.0981. The lowest BCUT2D eigenvalue weighted by Crippen LogP contribution is -2.05. The van der Waals surface area contributed by atoms with E-state index >= 15 is 0 Å². The Labute approximate surface area is 109 Å². The topological polar surface area (TPSA) is 22.0 Å². The summed E-state index contributed by atoms with van der Waals surface area (Å²) in [7, 11) is 0. The van der Waals surface area contributed by atoms with Gasteiger partial charge in [0.05, 0.1) is 0 Å². The van der Waals surface area contributed by atoms with E-state index in [-0.39, 0.29) is 5.78 Å². The number of hydrogen-bond acceptors (Lipinski definition) is 1. The fourth-order valence-electron chi connectivity index (χ4n) is 2.11. The molecule has 0 atom stereocenters. The SMILES string of the molecule is CCCCn1c(C)cc(C(=O)CCCCl)c1C. The van der Waals surface area contributed by atoms with Gasteiger partial charge in [-0.2, -0.15) is 0 Å². The van der Waals surface area contributed by atoms with Crippen LogP contribution in [-0.2, 0) is 6.54 Å². The molecule has 0 saturated carbocycles. The number of rotatable bonds is 7. The Bertz CT molecular complexity index is 382. The number of nitrogens with zero attached hydrogens (tertiary/aromatic N) is 1. The third kappa shape index (κ3) is 3.60. The zero-order valence-corrected chi connectivity index (χ0v) is 11.8. The molecule has 1 rings (SSSR count). The molecule has 0 spiro atoms. The number of aryl methyl sites for hydroxylation is 1. The highest BCUT2D eigenvalue weighted by atomic mass is 35.5. The number of hydrogen-bond donors (Lipinski definition) is 0. The second-order valence-electron chi connectivity index (χ2n) is 4.51. The molecule has 0 saturated heterocycles. The van der Waals surface area contributed by atoms with E-state index in [2.05, 4.69) is 18.4 Å². The maximum absolute atomic E-state index is 12.0. The summed E-state index contributed by atoms with van der Waals surface area (Å²) >= 11 is 5.62. The highest BCUT2D eigenvalue weighted by Gasteiger charge is 2.14. The van der Waals surface area contributed by atoms with Gasteiger partial charge in [0, 0.05) is 35.8 Å². The average molecular weight is 256 g/mol. The number of carbonyl (C=O) groups is 1. The van der Waals surface area contributed by atoms with Crippen molar-refractivity contribution in [3.8, 4) is 0 Å². The molecule has 0 fully saturated rings. The molecule has 1 aromatic heterocycles. The Kier molecular flexibility index (Phi) is 5.76. The van der Waals surface area contributed by atoms with Crippen LogP contribution in [0.3, 0.4) is 0 Å². The molecule has 0 amide bonds. The van der Waals surface area contributed by atoms with Crippen LogP contribution in [0, 0.1) is 13.8 Å². The maximum Gasteiger partial charge on any atom is 0.164 e. The Balaban J connectivity index is 2.83. The first-order chi connectivity index (χ1) is 8.11. The molecule has 96 valence electrons. The zero-order chi connectivity index (χ0) is 12.8. The Morgan fingerprint density at radius 3 is 2.65 bits per heavy atom. The molecule has 3 heteroatoms. The van der Waals surface area contributed by atoms with Gasteiger partial charge in [-0.3, -0.25) is 4.79 Å². The molecule has 0 radical (unpaired) electrons. The summed E-state index contributed by atoms with van der Waals surface area (Å²) in [5.74, 6) is 0.779. The second kappa shape index (κ2) is 6.85. The summed E-state index contributed by atoms with van der Waals surface area (Å²) in [6.45, 7) is 7.30. The van der Waals surface area contributed by atoms with Crippen LogP contribution < -0.4 is 0 Å². The molecule has 0 N–H and O–H groups in total. The quantitative estimate of drug-likeness (QED) is 0.531. The highest BCUT2D eigenvalue weighted by Crippen LogP contribution is 2.18. The summed E-state index contributed by atoms with van der Waals surface area (Å²) < 4.78 is 2.25. The fourth-order valence-corrected chi connectivity index (χ4v) is 2.24. The number of ketones is 1. The summed E-state index contributed by atoms with van der Waals surface area (Å²) in [5, 5.41) is 0. The van der Waals surface area contributed by atoms with Gasteiger partial charge in [-0.05, 0) is 32.8 Å². The number of aromatic nitrogens is 1. The minimum absolute atomic E-state index is 0.224. The Hall–Kier alpha value is -0.760. The van der Waals surface area contributed by atoms with Gasteiger partial charge in [-0.15, -0.1) is 11.6 Å². The number of Topliss-reactive ketones (excluding diaryl/α,β-unsaturated/α-hetero) is 1. The van der Waals surface area contributed by atoms with Crippen LogP contribution in [0.5, 0.6) is 0 Å². The molecule has 1 heterocycles. The molecule has 2 nitrogen and oxygen atoms in total. The van der Waals surface area contributed by atoms with Crippen molar-refractivity contribution < 1.29 is 4.79 Å². The van der Waals surface area contributed by atoms with Gasteiger partial charge in [0.2, 0.25) is 0 Å². The van der Waals surface area contributed by atoms with Gasteiger partial charge in [-0.25, -0.2) is 0 Å². The molecular formula is C14H22ClNO. The predicted molar refractivity (Wildman–Crippen MR) is 73.1 cm³/mol. The first-order valence-corrected chi connectivity index (χ1v) is 6.91. The van der Waals surface area contributed by atoms with E-state index in [0.717, 1.165) is 30.6 Å². The largest absolute Gasteiger partial charge is 0.348 e. The average Bonchev–Trinajstić information content (AvgIpc) is 2.60. The van der Waals surface area contributed by atoms with Crippen molar-refractivity contribution in [2.75, 3.05) is 5.88 Å². The van der Waals surface area contributed by atoms with Gasteiger partial charge in [-0.1, -0.05) is 13.3 Å². The van der Waals surface area contributed by atoms with Gasteiger partial charge in [0.1, 0.15) is 0 Å². The fraction of sp³-hybridized carbons (Fsp3) is 0.643. The first-order valence-electron chi connectivity index (χ1n) is 6.37. The third-order valence-corrected chi connectivity index (χ3v) is 3.41. The molecule has 0 bridgehead atoms. The van der Waals surface area contributed by atoms with Crippen molar-refractivity contribution in [2.45, 2.75) is 53.0 Å². The minimum atomic E-state index is 0.224. The predicted octanol–water partition coefficient (Wildman–Crippen LogP) is 4.11. The van der Waals surface area contributed by atoms with Crippen molar-refractivity contribution in [1.29, 1.82) is 0 Å². The van der Waals surface area contributed by atoms with Crippen LogP contribution >= 0.6 is 11.6 Å². The van der Waals surface area contributed by atoms with Crippen LogP contribution in [0.2, 0.25) is 0 Å². The summed E-state index contributed by atoms with van der Waals surface area (Å²) in [4.78, 5) is 12.0. The van der Waals surface area contributed by atoms with Gasteiger partial charge < -0.3 is 4.57 Å². The van der Waals surface area contributed by atoms with Gasteiger partial charge >= 0.3 is 0 Å². The standard InChI is InChI=1S/C14H22ClNO/c1-4-5-9-16-11(2)10-13(12(16)3)14(17)7-6-8-15/h10H,4-9H2,1-3H3. The Morgan fingerprint density at radius 1 is 1.35 bits per heavy atom. The lowest BCUT2D eigenvalue weighted by Gasteiger charge is -2.08. The van der Waals surface area contributed by atoms with E-state index in [1.54, 1.807) is 0 Å². The highest BCUT2D eigenvalue weighted by molar-refractivity contribution is 6.18. The first kappa shape index (κ1) is 14.3. The van der Waals surface area contributed by atoms with Crippen molar-refractivity contribution >= 4 is 17.4 Å². The van der Waals surface area contributed by atoms with Crippen LogP contribution in [0.4, 0.5) is 0 Å². The number of halogens is 1. The molecule has 0 aromatic carbocycles. The van der Waals surface area contributed by atoms with E-state index in [1.807, 2.05) is 13.0 Å². The van der Waals surface area contributed by atoms with Crippen molar-refractivity contribution in [2.24, 2.45) is 0 Å². The molecule has 0 aliphatic rings. The normalized spacial score (nSPS) is 10.8. The van der Waals surface area contributed by atoms with Crippen LogP contribution in [0.25, 0.3) is 0 Å². The zero-order valence-electron chi connectivity index (χ0n) is 11.1. The lowest BCUT2D eigenvalue weighted by atomic mass is 10.1. The summed E-state index contributed by atoms with van der Waals surface area (Å²) in [6.07, 6.45) is 3.65. The summed E-state index contributed by atoms with van der Waals surface area (Å²) in [5.41, 5.74) is 3.17. The van der Waals surface area contributed by atoms with E-state index in [0.29, 0.717) is 12.3 Å². The van der Waals surface area contributed by atoms with E-state index < -0.39 is 0 Å². The molecular weight excluding hydrogens is 234 g/mol. The summed E-state index contributed by atoms with van der Waals surface area (Å²) in [6, 6.07) is 2.02. The molecule has 1 aromatic rings. The van der Waals surface area contributed by atoms with E-state index in [1.165, 1.54) is 12.1 Å². The van der Waals surface area contributed by atoms with Crippen molar-refractivity contribution in [3.05, 3.63) is 23.0 Å². The minimum Gasteiger partial charge on any atom is -0.348 e. The van der Waals surface area contributed by atoms with E-state index in [4.69, 9.17) is 11.6 Å². The maximum atomic E-state index is 12.0. The van der Waals surface area contributed by atoms with E-state index in [9.17, 15) is 4.79 Å². The van der Waals surface area contributed by atoms with Crippen LogP contribution in [0.1, 0.15) is 54.4 Å². The Morgan fingerprint density at radius 2 is 2.06 bits per heavy atom. The number of unbranched alkanes of at least 4 members (excludes halogenated alkanes) is 1. The van der Waals surface area contributed by atoms with Gasteiger partial charge in [0.15, 0.2) is 5.78 Å². The molecule has 0 aliphatic carbocycles. The van der Waals surface area contributed by atoms with Crippen LogP contribution in [-0.4, -0.2) is 16.2 Å². The van der Waals surface area contributed by atoms with Gasteiger partial charge in [0.25, 0.3) is 0 Å². The molecule has 0 unspecified atom stereocenters. The third-order valence-electron chi connectivity index (χ3n) is 3.15. The number of carbonyl (C=O) groups excluding carboxylic acids is 1. The van der Waals surface area contributed by atoms with Crippen molar-refractivity contribution in [1.82, 2.24) is 4.57 Å². The van der Waals surface area contributed by atoms with Crippen molar-refractivity contribution in [3.63, 3.8) is 0 Å². The monoisotopic (exact) mass is 255 g/mol. The second-order valence-corrected chi connectivity index (χ2v) is 4.88. The molecule has 0 aliphatic heterocycles. The molecule has 17 heavy (non-hydrogen) atoms. The van der Waals surface area contributed by atoms with Crippen LogP contribution in [0.15, 0.2) is 6.07 Å². The smallest absolute Gasteiger partial charge is 0.164 e.